The second-order valence-corrected chi connectivity index (χ2v) is 7.08. The number of nitrogens with one attached hydrogen (secondary N) is 1. The first-order chi connectivity index (χ1) is 13.4. The molecule has 0 amide bonds. The second-order valence-electron chi connectivity index (χ2n) is 6.61. The largest absolute Gasteiger partial charge is 0.396 e. The molecular formula is C20H14ClF3N4. The number of aromatic nitrogens is 2. The maximum Gasteiger partial charge on any atom is 0.396 e. The maximum absolute atomic E-state index is 13.4. The summed E-state index contributed by atoms with van der Waals surface area (Å²) in [6, 6.07) is 8.32. The normalized spacial score (nSPS) is 26.8. The Hall–Kier alpha value is -2.85. The van der Waals surface area contributed by atoms with Gasteiger partial charge >= 0.3 is 6.18 Å². The van der Waals surface area contributed by atoms with Crippen molar-refractivity contribution >= 4 is 23.1 Å². The Kier molecular flexibility index (Phi) is 4.60. The van der Waals surface area contributed by atoms with Crippen LogP contribution in [0.1, 0.15) is 17.0 Å². The van der Waals surface area contributed by atoms with Crippen LogP contribution in [0.3, 0.4) is 0 Å². The molecule has 0 bridgehead atoms. The molecule has 4 nitrogen and oxygen atoms in total. The summed E-state index contributed by atoms with van der Waals surface area (Å²) in [7, 11) is 0. The number of hydrogen-bond donors (Lipinski definition) is 1. The first-order valence-electron chi connectivity index (χ1n) is 8.54. The topological polar surface area (TPSA) is 45.4 Å². The van der Waals surface area contributed by atoms with Gasteiger partial charge in [-0.15, -0.1) is 11.6 Å². The van der Waals surface area contributed by atoms with Crippen molar-refractivity contribution in [3.63, 3.8) is 0 Å². The van der Waals surface area contributed by atoms with Crippen molar-refractivity contribution in [2.45, 2.75) is 23.5 Å². The monoisotopic (exact) mass is 402 g/mol. The Morgan fingerprint density at radius 3 is 2.61 bits per heavy atom. The molecule has 0 radical (unpaired) electrons. The van der Waals surface area contributed by atoms with Crippen LogP contribution in [0.25, 0.3) is 4.85 Å². The van der Waals surface area contributed by atoms with E-state index in [-0.39, 0.29) is 0 Å². The maximum atomic E-state index is 13.4. The van der Waals surface area contributed by atoms with Crippen LogP contribution in [0.5, 0.6) is 0 Å². The van der Waals surface area contributed by atoms with Crippen LogP contribution in [0, 0.1) is 12.5 Å². The van der Waals surface area contributed by atoms with Gasteiger partial charge in [0.05, 0.1) is 23.4 Å². The molecule has 2 aromatic rings. The lowest BCUT2D eigenvalue weighted by Gasteiger charge is -2.33. The predicted octanol–water partition coefficient (Wildman–Crippen LogP) is 5.20. The van der Waals surface area contributed by atoms with Gasteiger partial charge in [0.1, 0.15) is 5.71 Å². The number of benzene rings is 1. The van der Waals surface area contributed by atoms with E-state index in [4.69, 9.17) is 18.2 Å². The van der Waals surface area contributed by atoms with E-state index in [1.165, 1.54) is 12.3 Å². The van der Waals surface area contributed by atoms with Crippen molar-refractivity contribution < 1.29 is 13.2 Å². The minimum atomic E-state index is -4.47. The van der Waals surface area contributed by atoms with Crippen molar-refractivity contribution in [3.8, 4) is 0 Å². The summed E-state index contributed by atoms with van der Waals surface area (Å²) in [5, 5.41) is 5.46. The first-order valence-corrected chi connectivity index (χ1v) is 8.98. The molecule has 1 aromatic carbocycles. The fourth-order valence-corrected chi connectivity index (χ4v) is 4.13. The van der Waals surface area contributed by atoms with Crippen LogP contribution in [0.2, 0.25) is 0 Å². The molecule has 28 heavy (non-hydrogen) atoms. The molecule has 1 aliphatic heterocycles. The van der Waals surface area contributed by atoms with E-state index in [0.29, 0.717) is 22.7 Å². The quantitative estimate of drug-likeness (QED) is 0.544. The summed E-state index contributed by atoms with van der Waals surface area (Å²) in [5.41, 5.74) is 2.15. The molecule has 2 aliphatic rings. The van der Waals surface area contributed by atoms with Gasteiger partial charge in [-0.2, -0.15) is 18.3 Å². The van der Waals surface area contributed by atoms with Crippen molar-refractivity contribution in [1.29, 1.82) is 0 Å². The standard InChI is InChI=1S/C20H14ClF3N4/c1-25-18-15(12-8-5-9-14(16(12)21)20(22,23)24)13-10-26-28-19(13)27-17(18)11-6-3-2-4-7-11/h2-10,14-16,18H,(H,26,28). The van der Waals surface area contributed by atoms with Crippen LogP contribution in [0.4, 0.5) is 19.0 Å². The number of H-pyrrole nitrogens is 1. The van der Waals surface area contributed by atoms with Gasteiger partial charge in [0.15, 0.2) is 5.82 Å². The fraction of sp³-hybridized carbons (Fsp3) is 0.250. The van der Waals surface area contributed by atoms with E-state index < -0.39 is 29.4 Å². The molecule has 0 fully saturated rings. The Morgan fingerprint density at radius 2 is 1.93 bits per heavy atom. The minimum absolute atomic E-state index is 0.346. The number of allylic oxidation sites excluding steroid dienone is 3. The fourth-order valence-electron chi connectivity index (χ4n) is 3.70. The van der Waals surface area contributed by atoms with Gasteiger partial charge < -0.3 is 4.85 Å². The highest BCUT2D eigenvalue weighted by molar-refractivity contribution is 6.23. The van der Waals surface area contributed by atoms with E-state index in [1.54, 1.807) is 6.08 Å². The molecule has 0 spiro atoms. The molecule has 0 saturated carbocycles. The summed E-state index contributed by atoms with van der Waals surface area (Å²) in [4.78, 5) is 8.27. The lowest BCUT2D eigenvalue weighted by molar-refractivity contribution is -0.160. The molecule has 1 N–H and O–H groups in total. The van der Waals surface area contributed by atoms with E-state index in [0.717, 1.165) is 11.6 Å². The van der Waals surface area contributed by atoms with E-state index >= 15 is 0 Å². The van der Waals surface area contributed by atoms with E-state index in [2.05, 4.69) is 20.0 Å². The summed E-state index contributed by atoms with van der Waals surface area (Å²) in [6.07, 6.45) is 1.03. The number of halogens is 4. The zero-order chi connectivity index (χ0) is 19.9. The first kappa shape index (κ1) is 18.5. The smallest absolute Gasteiger partial charge is 0.306 e. The number of hydrogen-bond acceptors (Lipinski definition) is 2. The third-order valence-electron chi connectivity index (χ3n) is 5.00. The Balaban J connectivity index is 1.83. The van der Waals surface area contributed by atoms with Gasteiger partial charge in [0.2, 0.25) is 0 Å². The predicted molar refractivity (Wildman–Crippen MR) is 101 cm³/mol. The van der Waals surface area contributed by atoms with Crippen molar-refractivity contribution in [3.05, 3.63) is 82.9 Å². The average Bonchev–Trinajstić information content (AvgIpc) is 3.15. The highest BCUT2D eigenvalue weighted by Crippen LogP contribution is 2.47. The van der Waals surface area contributed by atoms with Crippen LogP contribution in [0.15, 0.2) is 65.3 Å². The van der Waals surface area contributed by atoms with Crippen molar-refractivity contribution in [1.82, 2.24) is 10.2 Å². The summed E-state index contributed by atoms with van der Waals surface area (Å²) in [6.45, 7) is 7.76. The van der Waals surface area contributed by atoms with E-state index in [1.807, 2.05) is 30.3 Å². The lowest BCUT2D eigenvalue weighted by atomic mass is 9.75. The van der Waals surface area contributed by atoms with Gasteiger partial charge in [-0.3, -0.25) is 5.10 Å². The Bertz CT molecular complexity index is 1010. The molecule has 4 unspecified atom stereocenters. The SMILES string of the molecule is [C-]#[N+]C1C(c2ccccc2)=Nc2[nH]ncc2C1C1=CC=CC(C(F)(F)F)C1Cl. The Labute approximate surface area is 164 Å². The number of rotatable bonds is 2. The van der Waals surface area contributed by atoms with Crippen LogP contribution in [-0.2, 0) is 0 Å². The number of nitrogens with zero attached hydrogens (tertiary/aromatic N) is 3. The van der Waals surface area contributed by atoms with Crippen LogP contribution >= 0.6 is 11.6 Å². The summed E-state index contributed by atoms with van der Waals surface area (Å²) < 4.78 is 40.3. The van der Waals surface area contributed by atoms with Crippen molar-refractivity contribution in [2.75, 3.05) is 0 Å². The molecule has 1 aromatic heterocycles. The molecule has 4 atom stereocenters. The minimum Gasteiger partial charge on any atom is -0.306 e. The number of alkyl halides is 4. The third-order valence-corrected chi connectivity index (χ3v) is 5.52. The number of aromatic amines is 1. The third kappa shape index (κ3) is 3.04. The summed E-state index contributed by atoms with van der Waals surface area (Å²) in [5.74, 6) is -2.04. The average molecular weight is 403 g/mol. The molecule has 8 heteroatoms. The van der Waals surface area contributed by atoms with Crippen molar-refractivity contribution in [2.24, 2.45) is 10.9 Å². The second kappa shape index (κ2) is 6.95. The highest BCUT2D eigenvalue weighted by Gasteiger charge is 2.50. The van der Waals surface area contributed by atoms with Gasteiger partial charge in [0.25, 0.3) is 6.04 Å². The molecule has 4 rings (SSSR count). The molecule has 142 valence electrons. The Morgan fingerprint density at radius 1 is 1.18 bits per heavy atom. The van der Waals surface area contributed by atoms with Crippen LogP contribution < -0.4 is 0 Å². The van der Waals surface area contributed by atoms with Gasteiger partial charge in [-0.1, -0.05) is 48.6 Å². The van der Waals surface area contributed by atoms with Gasteiger partial charge in [-0.25, -0.2) is 11.6 Å². The molecular weight excluding hydrogens is 389 g/mol. The van der Waals surface area contributed by atoms with Gasteiger partial charge in [-0.05, 0) is 5.57 Å². The number of fused-ring (bicyclic) bond motifs is 1. The highest BCUT2D eigenvalue weighted by atomic mass is 35.5. The van der Waals surface area contributed by atoms with Gasteiger partial charge in [0, 0.05) is 11.1 Å². The molecule has 2 heterocycles. The van der Waals surface area contributed by atoms with E-state index in [9.17, 15) is 13.2 Å². The van der Waals surface area contributed by atoms with Crippen LogP contribution in [-0.4, -0.2) is 33.5 Å². The zero-order valence-corrected chi connectivity index (χ0v) is 15.1. The molecule has 0 saturated heterocycles. The summed E-state index contributed by atoms with van der Waals surface area (Å²) >= 11 is 6.30. The molecule has 1 aliphatic carbocycles. The zero-order valence-electron chi connectivity index (χ0n) is 14.4. The lowest BCUT2D eigenvalue weighted by Crippen LogP contribution is -2.38. The number of aliphatic imine (C=N–C) groups is 1.